The fourth-order valence-electron chi connectivity index (χ4n) is 6.76. The highest BCUT2D eigenvalue weighted by Crippen LogP contribution is 2.53. The molecule has 1 aromatic heterocycles. The third kappa shape index (κ3) is 4.43. The zero-order valence-electron chi connectivity index (χ0n) is 24.3. The summed E-state index contributed by atoms with van der Waals surface area (Å²) >= 11 is 0. The van der Waals surface area contributed by atoms with Crippen molar-refractivity contribution in [2.75, 3.05) is 20.6 Å². The van der Waals surface area contributed by atoms with Crippen molar-refractivity contribution in [2.24, 2.45) is 23.0 Å². The molecular formula is C31H37N3O8. The third-order valence-corrected chi connectivity index (χ3v) is 8.60. The highest BCUT2D eigenvalue weighted by molar-refractivity contribution is 6.25. The number of Topliss-reactive ketones (excluding diaryl/α,β-unsaturated/α-hetero) is 2. The number of ketones is 2. The summed E-state index contributed by atoms with van der Waals surface area (Å²) in [6.45, 7) is 7.09. The van der Waals surface area contributed by atoms with Crippen molar-refractivity contribution in [3.63, 3.8) is 0 Å². The Bertz CT molecular complexity index is 1550. The minimum Gasteiger partial charge on any atom is -0.510 e. The maximum absolute atomic E-state index is 14.2. The summed E-state index contributed by atoms with van der Waals surface area (Å²) in [6, 6.07) is 2.52. The number of phenolic OH excluding ortho intramolecular Hbond substituents is 1. The molecular weight excluding hydrogens is 542 g/mol. The first-order valence-corrected chi connectivity index (χ1v) is 13.8. The van der Waals surface area contributed by atoms with E-state index in [0.29, 0.717) is 28.8 Å². The van der Waals surface area contributed by atoms with Gasteiger partial charge in [-0.25, -0.2) is 0 Å². The number of amides is 1. The van der Waals surface area contributed by atoms with Crippen molar-refractivity contribution in [3.05, 3.63) is 64.0 Å². The molecule has 0 bridgehead atoms. The molecule has 1 aromatic carbocycles. The van der Waals surface area contributed by atoms with Crippen LogP contribution in [-0.2, 0) is 22.6 Å². The zero-order valence-corrected chi connectivity index (χ0v) is 24.3. The number of fused-ring (bicyclic) bond motifs is 3. The molecule has 3 aliphatic carbocycles. The van der Waals surface area contributed by atoms with E-state index in [1.54, 1.807) is 26.4 Å². The summed E-state index contributed by atoms with van der Waals surface area (Å²) in [5, 5.41) is 49.1. The molecule has 1 amide bonds. The lowest BCUT2D eigenvalue weighted by Gasteiger charge is -2.50. The Kier molecular flexibility index (Phi) is 7.11. The van der Waals surface area contributed by atoms with Crippen molar-refractivity contribution in [3.8, 4) is 16.9 Å². The number of nitrogens with one attached hydrogen (secondary N) is 1. The van der Waals surface area contributed by atoms with Gasteiger partial charge in [-0.2, -0.15) is 0 Å². The number of nitrogens with two attached hydrogens (primary N) is 1. The molecule has 0 spiro atoms. The van der Waals surface area contributed by atoms with Crippen LogP contribution in [0.4, 0.5) is 0 Å². The summed E-state index contributed by atoms with van der Waals surface area (Å²) in [5.41, 5.74) is 4.03. The topological polar surface area (TPSA) is 187 Å². The molecule has 224 valence electrons. The van der Waals surface area contributed by atoms with E-state index in [1.807, 2.05) is 6.07 Å². The molecule has 0 radical (unpaired) electrons. The molecule has 5 rings (SSSR count). The molecule has 11 nitrogen and oxygen atoms in total. The van der Waals surface area contributed by atoms with Crippen LogP contribution in [0.15, 0.2) is 51.7 Å². The predicted octanol–water partition coefficient (Wildman–Crippen LogP) is 2.52. The quantitative estimate of drug-likeness (QED) is 0.278. The van der Waals surface area contributed by atoms with Gasteiger partial charge in [0.25, 0.3) is 5.91 Å². The number of hydrogen-bond donors (Lipinski definition) is 6. The van der Waals surface area contributed by atoms with Crippen molar-refractivity contribution in [1.29, 1.82) is 0 Å². The number of likely N-dealkylation sites (N-methyl/N-ethyl adjacent to an activating group) is 1. The molecule has 1 heterocycles. The first-order valence-electron chi connectivity index (χ1n) is 13.8. The predicted molar refractivity (Wildman–Crippen MR) is 153 cm³/mol. The SMILES string of the molecule is CN(C)C1C(O)=C(C(N)=O)C(=O)[C@@]2(O)C(O)=C3C(=O)c4c(O)c(CNCC(C)(C)C)cc(-c5ccoc5)c4C[C@H]3C[C@@H]12. The molecule has 2 aromatic rings. The van der Waals surface area contributed by atoms with E-state index in [0.717, 1.165) is 0 Å². The van der Waals surface area contributed by atoms with E-state index in [2.05, 4.69) is 26.1 Å². The number of carbonyl (C=O) groups excluding carboxylic acids is 3. The number of benzene rings is 1. The molecule has 1 unspecified atom stereocenters. The Balaban J connectivity index is 1.69. The Morgan fingerprint density at radius 3 is 2.48 bits per heavy atom. The second kappa shape index (κ2) is 10.1. The van der Waals surface area contributed by atoms with Crippen LogP contribution in [0.3, 0.4) is 0 Å². The molecule has 4 atom stereocenters. The molecule has 0 aliphatic heterocycles. The maximum atomic E-state index is 14.2. The van der Waals surface area contributed by atoms with Crippen LogP contribution in [-0.4, -0.2) is 75.1 Å². The lowest BCUT2D eigenvalue weighted by atomic mass is 9.58. The van der Waals surface area contributed by atoms with Crippen molar-refractivity contribution < 1.29 is 39.2 Å². The standard InChI is InChI=1S/C31H37N3O8/c1-30(2,3)13-33-11-16-9-17(14-6-7-42-12-14)18-8-15-10-19-23(34(4)5)26(37)22(29(32)40)28(39)31(19,41)27(38)20(15)25(36)21(18)24(16)35/h6-7,9,12,15,19,23,33,35,37-38,41H,8,10-11,13H2,1-5H3,(H2,32,40)/t15-,19-,23?,31-/m0/s1. The van der Waals surface area contributed by atoms with Crippen LogP contribution in [0.5, 0.6) is 5.75 Å². The van der Waals surface area contributed by atoms with Gasteiger partial charge in [0.1, 0.15) is 22.8 Å². The number of hydrogen-bond acceptors (Lipinski definition) is 10. The Morgan fingerprint density at radius 2 is 1.90 bits per heavy atom. The summed E-state index contributed by atoms with van der Waals surface area (Å²) in [4.78, 5) is 41.4. The fraction of sp³-hybridized carbons (Fsp3) is 0.452. The van der Waals surface area contributed by atoms with Gasteiger partial charge < -0.3 is 35.9 Å². The average Bonchev–Trinajstić information content (AvgIpc) is 3.41. The normalized spacial score (nSPS) is 25.9. The summed E-state index contributed by atoms with van der Waals surface area (Å²) in [6.07, 6.45) is 3.27. The number of aromatic hydroxyl groups is 1. The van der Waals surface area contributed by atoms with Crippen LogP contribution in [0.1, 0.15) is 48.7 Å². The number of carbonyl (C=O) groups is 3. The number of rotatable bonds is 6. The number of aliphatic hydroxyl groups excluding tert-OH is 2. The molecule has 42 heavy (non-hydrogen) atoms. The van der Waals surface area contributed by atoms with Gasteiger partial charge in [-0.15, -0.1) is 0 Å². The first-order chi connectivity index (χ1) is 19.6. The third-order valence-electron chi connectivity index (χ3n) is 8.60. The molecule has 7 N–H and O–H groups in total. The lowest BCUT2D eigenvalue weighted by molar-refractivity contribution is -0.148. The van der Waals surface area contributed by atoms with Gasteiger partial charge in [0.2, 0.25) is 5.78 Å². The number of furan rings is 1. The van der Waals surface area contributed by atoms with E-state index in [9.17, 15) is 34.8 Å². The van der Waals surface area contributed by atoms with Crippen LogP contribution in [0.2, 0.25) is 0 Å². The minimum atomic E-state index is -2.68. The Morgan fingerprint density at radius 1 is 1.21 bits per heavy atom. The van der Waals surface area contributed by atoms with E-state index in [-0.39, 0.29) is 41.7 Å². The van der Waals surface area contributed by atoms with Gasteiger partial charge in [-0.1, -0.05) is 20.8 Å². The van der Waals surface area contributed by atoms with Crippen molar-refractivity contribution in [1.82, 2.24) is 10.2 Å². The fourth-order valence-corrected chi connectivity index (χ4v) is 6.76. The zero-order chi connectivity index (χ0) is 30.9. The monoisotopic (exact) mass is 579 g/mol. The number of nitrogens with zero attached hydrogens (tertiary/aromatic N) is 1. The summed E-state index contributed by atoms with van der Waals surface area (Å²) in [5.74, 6) is -6.74. The smallest absolute Gasteiger partial charge is 0.255 e. The number of primary amides is 1. The van der Waals surface area contributed by atoms with Crippen LogP contribution < -0.4 is 11.1 Å². The van der Waals surface area contributed by atoms with E-state index < -0.39 is 58.0 Å². The van der Waals surface area contributed by atoms with Gasteiger partial charge in [0.15, 0.2) is 11.4 Å². The Labute approximate surface area is 243 Å². The van der Waals surface area contributed by atoms with Gasteiger partial charge >= 0.3 is 0 Å². The van der Waals surface area contributed by atoms with Crippen LogP contribution in [0.25, 0.3) is 11.1 Å². The highest BCUT2D eigenvalue weighted by atomic mass is 16.3. The molecule has 0 saturated heterocycles. The maximum Gasteiger partial charge on any atom is 0.255 e. The number of aliphatic hydroxyl groups is 3. The van der Waals surface area contributed by atoms with Crippen molar-refractivity contribution in [2.45, 2.75) is 51.8 Å². The molecule has 0 saturated carbocycles. The van der Waals surface area contributed by atoms with Crippen LogP contribution in [0, 0.1) is 17.3 Å². The van der Waals surface area contributed by atoms with E-state index in [4.69, 9.17) is 10.2 Å². The largest absolute Gasteiger partial charge is 0.510 e. The molecule has 0 fully saturated rings. The number of phenols is 1. The Hall–Kier alpha value is -3.93. The molecule has 3 aliphatic rings. The number of allylic oxidation sites excluding steroid dienone is 1. The van der Waals surface area contributed by atoms with Crippen molar-refractivity contribution >= 4 is 17.5 Å². The van der Waals surface area contributed by atoms with E-state index in [1.165, 1.54) is 11.2 Å². The van der Waals surface area contributed by atoms with Gasteiger partial charge in [0.05, 0.1) is 24.1 Å². The van der Waals surface area contributed by atoms with Gasteiger partial charge in [-0.3, -0.25) is 19.3 Å². The summed E-state index contributed by atoms with van der Waals surface area (Å²) < 4.78 is 5.32. The average molecular weight is 580 g/mol. The van der Waals surface area contributed by atoms with Gasteiger partial charge in [0, 0.05) is 35.7 Å². The second-order valence-corrected chi connectivity index (χ2v) is 12.9. The lowest BCUT2D eigenvalue weighted by Crippen LogP contribution is -2.63. The van der Waals surface area contributed by atoms with E-state index >= 15 is 0 Å². The minimum absolute atomic E-state index is 0.0201. The van der Waals surface area contributed by atoms with Gasteiger partial charge in [-0.05, 0) is 61.5 Å². The summed E-state index contributed by atoms with van der Waals surface area (Å²) in [7, 11) is 3.19. The highest BCUT2D eigenvalue weighted by Gasteiger charge is 2.63. The van der Waals surface area contributed by atoms with Crippen LogP contribution >= 0.6 is 0 Å². The second-order valence-electron chi connectivity index (χ2n) is 12.9. The molecule has 11 heteroatoms. The first kappa shape index (κ1) is 29.6.